The fourth-order valence-corrected chi connectivity index (χ4v) is 2.52. The summed E-state index contributed by atoms with van der Waals surface area (Å²) < 4.78 is 5.35. The highest BCUT2D eigenvalue weighted by atomic mass is 32.2. The maximum atomic E-state index is 5.35. The van der Waals surface area contributed by atoms with E-state index < -0.39 is 0 Å². The van der Waals surface area contributed by atoms with Gasteiger partial charge in [0.25, 0.3) is 6.01 Å². The Balaban J connectivity index is 1.89. The van der Waals surface area contributed by atoms with Gasteiger partial charge in [-0.3, -0.25) is 0 Å². The monoisotopic (exact) mass is 198 g/mol. The van der Waals surface area contributed by atoms with E-state index in [0.717, 1.165) is 5.76 Å². The molecule has 3 nitrogen and oxygen atoms in total. The van der Waals surface area contributed by atoms with Crippen molar-refractivity contribution in [3.63, 3.8) is 0 Å². The second kappa shape index (κ2) is 4.05. The molecule has 2 rings (SSSR count). The zero-order chi connectivity index (χ0) is 9.10. The summed E-state index contributed by atoms with van der Waals surface area (Å²) >= 11 is 2.00. The lowest BCUT2D eigenvalue weighted by Gasteiger charge is -2.21. The number of hydrogen-bond acceptors (Lipinski definition) is 4. The molecular weight excluding hydrogens is 184 g/mol. The molecule has 4 heteroatoms. The summed E-state index contributed by atoms with van der Waals surface area (Å²) in [4.78, 5) is 4.12. The normalized spacial score (nSPS) is 23.0. The van der Waals surface area contributed by atoms with Crippen molar-refractivity contribution in [3.8, 4) is 0 Å². The van der Waals surface area contributed by atoms with E-state index in [1.807, 2.05) is 18.7 Å². The van der Waals surface area contributed by atoms with Crippen molar-refractivity contribution in [2.75, 3.05) is 16.8 Å². The molecule has 1 saturated heterocycles. The van der Waals surface area contributed by atoms with Crippen molar-refractivity contribution in [2.45, 2.75) is 25.8 Å². The fraction of sp³-hybridized carbons (Fsp3) is 0.667. The van der Waals surface area contributed by atoms with Gasteiger partial charge in [-0.05, 0) is 25.5 Å². The Morgan fingerprint density at radius 1 is 1.69 bits per heavy atom. The first kappa shape index (κ1) is 8.94. The summed E-state index contributed by atoms with van der Waals surface area (Å²) in [5.41, 5.74) is 0. The third-order valence-corrected chi connectivity index (χ3v) is 3.32. The molecule has 2 heterocycles. The molecule has 1 fully saturated rings. The Morgan fingerprint density at radius 3 is 3.23 bits per heavy atom. The molecule has 1 aromatic rings. The van der Waals surface area contributed by atoms with Crippen LogP contribution in [0.3, 0.4) is 0 Å². The van der Waals surface area contributed by atoms with E-state index in [2.05, 4.69) is 10.3 Å². The molecule has 0 radical (unpaired) electrons. The number of thioether (sulfide) groups is 1. The van der Waals surface area contributed by atoms with Gasteiger partial charge >= 0.3 is 0 Å². The fourth-order valence-electron chi connectivity index (χ4n) is 1.45. The third-order valence-electron chi connectivity index (χ3n) is 2.11. The number of hydrogen-bond donors (Lipinski definition) is 1. The topological polar surface area (TPSA) is 38.1 Å². The highest BCUT2D eigenvalue weighted by molar-refractivity contribution is 7.99. The van der Waals surface area contributed by atoms with E-state index in [1.165, 1.54) is 24.3 Å². The van der Waals surface area contributed by atoms with Gasteiger partial charge in [-0.15, -0.1) is 0 Å². The van der Waals surface area contributed by atoms with E-state index >= 15 is 0 Å². The van der Waals surface area contributed by atoms with Crippen LogP contribution in [0, 0.1) is 6.92 Å². The summed E-state index contributed by atoms with van der Waals surface area (Å²) in [5, 5.41) is 3.30. The van der Waals surface area contributed by atoms with Crippen molar-refractivity contribution < 1.29 is 4.42 Å². The minimum atomic E-state index is 0.539. The van der Waals surface area contributed by atoms with Crippen molar-refractivity contribution >= 4 is 17.8 Å². The molecule has 0 aromatic carbocycles. The van der Waals surface area contributed by atoms with Crippen molar-refractivity contribution in [2.24, 2.45) is 0 Å². The Labute approximate surface area is 82.3 Å². The van der Waals surface area contributed by atoms with Crippen LogP contribution in [0.25, 0.3) is 0 Å². The van der Waals surface area contributed by atoms with Gasteiger partial charge in [0, 0.05) is 11.8 Å². The maximum absolute atomic E-state index is 5.35. The number of rotatable bonds is 2. The summed E-state index contributed by atoms with van der Waals surface area (Å²) in [6.07, 6.45) is 4.27. The number of aryl methyl sites for hydroxylation is 1. The van der Waals surface area contributed by atoms with Gasteiger partial charge in [-0.1, -0.05) is 0 Å². The maximum Gasteiger partial charge on any atom is 0.294 e. The number of anilines is 1. The smallest absolute Gasteiger partial charge is 0.294 e. The van der Waals surface area contributed by atoms with Crippen LogP contribution in [0.5, 0.6) is 0 Å². The number of nitrogens with one attached hydrogen (secondary N) is 1. The lowest BCUT2D eigenvalue weighted by Crippen LogP contribution is -2.25. The molecule has 1 aliphatic heterocycles. The van der Waals surface area contributed by atoms with Crippen LogP contribution in [0.1, 0.15) is 18.6 Å². The van der Waals surface area contributed by atoms with Crippen LogP contribution >= 0.6 is 11.8 Å². The molecular formula is C9H14N2OS. The van der Waals surface area contributed by atoms with Gasteiger partial charge in [0.15, 0.2) is 0 Å². The quantitative estimate of drug-likeness (QED) is 0.791. The average molecular weight is 198 g/mol. The lowest BCUT2D eigenvalue weighted by molar-refractivity contribution is 0.527. The van der Waals surface area contributed by atoms with Crippen LogP contribution in [-0.2, 0) is 0 Å². The molecule has 0 aliphatic carbocycles. The number of aromatic nitrogens is 1. The van der Waals surface area contributed by atoms with Crippen LogP contribution < -0.4 is 5.32 Å². The first-order valence-electron chi connectivity index (χ1n) is 4.61. The summed E-state index contributed by atoms with van der Waals surface area (Å²) in [5.74, 6) is 3.33. The zero-order valence-electron chi connectivity index (χ0n) is 7.75. The molecule has 1 atom stereocenters. The molecule has 0 spiro atoms. The van der Waals surface area contributed by atoms with E-state index in [4.69, 9.17) is 4.42 Å². The molecule has 1 aromatic heterocycles. The van der Waals surface area contributed by atoms with Crippen molar-refractivity contribution in [3.05, 3.63) is 12.0 Å². The van der Waals surface area contributed by atoms with E-state index in [-0.39, 0.29) is 0 Å². The van der Waals surface area contributed by atoms with Gasteiger partial charge in [0.2, 0.25) is 0 Å². The molecule has 1 unspecified atom stereocenters. The first-order valence-corrected chi connectivity index (χ1v) is 5.77. The zero-order valence-corrected chi connectivity index (χ0v) is 8.56. The van der Waals surface area contributed by atoms with Crippen LogP contribution in [0.15, 0.2) is 10.6 Å². The van der Waals surface area contributed by atoms with Crippen LogP contribution in [0.4, 0.5) is 6.01 Å². The van der Waals surface area contributed by atoms with Crippen molar-refractivity contribution in [1.82, 2.24) is 4.98 Å². The Morgan fingerprint density at radius 2 is 2.62 bits per heavy atom. The van der Waals surface area contributed by atoms with Gasteiger partial charge in [-0.25, -0.2) is 4.98 Å². The molecule has 0 bridgehead atoms. The van der Waals surface area contributed by atoms with Gasteiger partial charge < -0.3 is 9.73 Å². The molecule has 13 heavy (non-hydrogen) atoms. The minimum absolute atomic E-state index is 0.539. The molecule has 1 N–H and O–H groups in total. The largest absolute Gasteiger partial charge is 0.429 e. The summed E-state index contributed by atoms with van der Waals surface area (Å²) in [6.45, 7) is 1.91. The van der Waals surface area contributed by atoms with Crippen molar-refractivity contribution in [1.29, 1.82) is 0 Å². The molecule has 72 valence electrons. The molecule has 0 amide bonds. The van der Waals surface area contributed by atoms with Gasteiger partial charge in [0.05, 0.1) is 6.20 Å². The van der Waals surface area contributed by atoms with Gasteiger partial charge in [0.1, 0.15) is 5.76 Å². The highest BCUT2D eigenvalue weighted by Crippen LogP contribution is 2.20. The Bertz CT molecular complexity index is 268. The predicted octanol–water partition coefficient (Wildman–Crippen LogP) is 2.29. The second-order valence-corrected chi connectivity index (χ2v) is 4.48. The summed E-state index contributed by atoms with van der Waals surface area (Å²) in [6, 6.07) is 1.21. The SMILES string of the molecule is Cc1cnc(NC2CCCSC2)o1. The van der Waals surface area contributed by atoms with Crippen LogP contribution in [-0.4, -0.2) is 22.5 Å². The van der Waals surface area contributed by atoms with E-state index in [1.54, 1.807) is 6.20 Å². The number of oxazole rings is 1. The van der Waals surface area contributed by atoms with Gasteiger partial charge in [-0.2, -0.15) is 11.8 Å². The lowest BCUT2D eigenvalue weighted by atomic mass is 10.2. The standard InChI is InChI=1S/C9H14N2OS/c1-7-5-10-9(12-7)11-8-3-2-4-13-6-8/h5,8H,2-4,6H2,1H3,(H,10,11). The molecule has 1 aliphatic rings. The average Bonchev–Trinajstić information content (AvgIpc) is 2.53. The Kier molecular flexibility index (Phi) is 2.78. The molecule has 0 saturated carbocycles. The predicted molar refractivity (Wildman–Crippen MR) is 55.2 cm³/mol. The third kappa shape index (κ3) is 2.40. The summed E-state index contributed by atoms with van der Waals surface area (Å²) in [7, 11) is 0. The highest BCUT2D eigenvalue weighted by Gasteiger charge is 2.14. The first-order chi connectivity index (χ1) is 6.34. The number of nitrogens with zero attached hydrogens (tertiary/aromatic N) is 1. The second-order valence-electron chi connectivity index (χ2n) is 3.33. The minimum Gasteiger partial charge on any atom is -0.429 e. The van der Waals surface area contributed by atoms with Crippen LogP contribution in [0.2, 0.25) is 0 Å². The van der Waals surface area contributed by atoms with E-state index in [0.29, 0.717) is 12.1 Å². The van der Waals surface area contributed by atoms with E-state index in [9.17, 15) is 0 Å². The Hall–Kier alpha value is -0.640.